The first-order chi connectivity index (χ1) is 14.6. The Bertz CT molecular complexity index is 1370. The third-order valence-corrected chi connectivity index (χ3v) is 5.57. The highest BCUT2D eigenvalue weighted by Gasteiger charge is 2.17. The summed E-state index contributed by atoms with van der Waals surface area (Å²) in [6.07, 6.45) is 5.47. The fraction of sp³-hybridized carbons (Fsp3) is 0.261. The van der Waals surface area contributed by atoms with Gasteiger partial charge >= 0.3 is 0 Å². The van der Waals surface area contributed by atoms with E-state index in [4.69, 9.17) is 9.47 Å². The van der Waals surface area contributed by atoms with Gasteiger partial charge in [-0.1, -0.05) is 6.07 Å². The van der Waals surface area contributed by atoms with Crippen LogP contribution in [0.1, 0.15) is 12.8 Å². The average Bonchev–Trinajstić information content (AvgIpc) is 3.28. The van der Waals surface area contributed by atoms with Crippen LogP contribution in [-0.2, 0) is 11.3 Å². The van der Waals surface area contributed by atoms with E-state index in [9.17, 15) is 9.59 Å². The molecule has 7 heteroatoms. The lowest BCUT2D eigenvalue weighted by molar-refractivity contribution is 0.0963. The van der Waals surface area contributed by atoms with Crippen molar-refractivity contribution in [2.24, 2.45) is 0 Å². The molecule has 0 saturated carbocycles. The van der Waals surface area contributed by atoms with Gasteiger partial charge in [-0.05, 0) is 43.2 Å². The second-order valence-corrected chi connectivity index (χ2v) is 7.45. The van der Waals surface area contributed by atoms with E-state index in [1.165, 1.54) is 4.57 Å². The van der Waals surface area contributed by atoms with Gasteiger partial charge in [0.1, 0.15) is 5.75 Å². The predicted octanol–water partition coefficient (Wildman–Crippen LogP) is 2.89. The highest BCUT2D eigenvalue weighted by molar-refractivity contribution is 5.91. The van der Waals surface area contributed by atoms with E-state index in [1.807, 2.05) is 24.3 Å². The van der Waals surface area contributed by atoms with E-state index in [1.54, 1.807) is 42.3 Å². The molecule has 0 amide bonds. The smallest absolute Gasteiger partial charge is 0.264 e. The molecule has 5 rings (SSSR count). The maximum atomic E-state index is 13.2. The van der Waals surface area contributed by atoms with Crippen molar-refractivity contribution in [3.8, 4) is 11.4 Å². The maximum absolute atomic E-state index is 13.2. The molecule has 1 atom stereocenters. The molecule has 0 bridgehead atoms. The van der Waals surface area contributed by atoms with E-state index in [0.29, 0.717) is 39.8 Å². The van der Waals surface area contributed by atoms with Crippen molar-refractivity contribution >= 4 is 21.8 Å². The molecule has 0 spiro atoms. The first-order valence-corrected chi connectivity index (χ1v) is 9.95. The van der Waals surface area contributed by atoms with Gasteiger partial charge in [-0.15, -0.1) is 0 Å². The first-order valence-electron chi connectivity index (χ1n) is 9.95. The molecule has 0 aliphatic carbocycles. The SMILES string of the molecule is COc1cccc(-n2ccc3nc4ccn(C[C@@H]5CCCO5)c(=O)c4cc3c2=O)c1. The molecule has 152 valence electrons. The zero-order valence-electron chi connectivity index (χ0n) is 16.6. The fourth-order valence-electron chi connectivity index (χ4n) is 3.98. The zero-order chi connectivity index (χ0) is 20.7. The van der Waals surface area contributed by atoms with Gasteiger partial charge in [-0.2, -0.15) is 0 Å². The van der Waals surface area contributed by atoms with E-state index in [2.05, 4.69) is 4.98 Å². The van der Waals surface area contributed by atoms with E-state index in [-0.39, 0.29) is 17.2 Å². The Morgan fingerprint density at radius 3 is 2.63 bits per heavy atom. The second kappa shape index (κ2) is 7.42. The summed E-state index contributed by atoms with van der Waals surface area (Å²) in [5.74, 6) is 0.660. The Kier molecular flexibility index (Phi) is 4.59. The van der Waals surface area contributed by atoms with E-state index in [0.717, 1.165) is 19.4 Å². The van der Waals surface area contributed by atoms with Crippen molar-refractivity contribution in [3.05, 3.63) is 75.6 Å². The molecule has 1 fully saturated rings. The highest BCUT2D eigenvalue weighted by Crippen LogP contribution is 2.19. The number of aromatic nitrogens is 3. The molecule has 7 nitrogen and oxygen atoms in total. The van der Waals surface area contributed by atoms with Crippen molar-refractivity contribution in [1.82, 2.24) is 14.1 Å². The molecular formula is C23H21N3O4. The number of rotatable bonds is 4. The van der Waals surface area contributed by atoms with Gasteiger partial charge < -0.3 is 14.0 Å². The van der Waals surface area contributed by atoms with Crippen LogP contribution in [0.2, 0.25) is 0 Å². The molecule has 1 aliphatic rings. The first kappa shape index (κ1) is 18.6. The minimum absolute atomic E-state index is 0.0545. The van der Waals surface area contributed by atoms with Gasteiger partial charge in [-0.3, -0.25) is 14.2 Å². The Hall–Kier alpha value is -3.45. The van der Waals surface area contributed by atoms with Crippen LogP contribution in [0, 0.1) is 0 Å². The van der Waals surface area contributed by atoms with E-state index < -0.39 is 0 Å². The number of benzene rings is 1. The Morgan fingerprint density at radius 2 is 1.87 bits per heavy atom. The molecule has 1 aromatic carbocycles. The second-order valence-electron chi connectivity index (χ2n) is 7.45. The monoisotopic (exact) mass is 403 g/mol. The molecule has 1 aliphatic heterocycles. The lowest BCUT2D eigenvalue weighted by Gasteiger charge is -2.13. The van der Waals surface area contributed by atoms with Crippen LogP contribution < -0.4 is 15.9 Å². The number of nitrogens with zero attached hydrogens (tertiary/aromatic N) is 3. The summed E-state index contributed by atoms with van der Waals surface area (Å²) >= 11 is 0. The molecular weight excluding hydrogens is 382 g/mol. The van der Waals surface area contributed by atoms with Gasteiger partial charge in [0.05, 0.1) is 47.3 Å². The van der Waals surface area contributed by atoms with Crippen LogP contribution >= 0.6 is 0 Å². The van der Waals surface area contributed by atoms with Crippen LogP contribution in [0.3, 0.4) is 0 Å². The number of hydrogen-bond donors (Lipinski definition) is 0. The summed E-state index contributed by atoms with van der Waals surface area (Å²) < 4.78 is 14.1. The van der Waals surface area contributed by atoms with Crippen molar-refractivity contribution in [1.29, 1.82) is 0 Å². The lowest BCUT2D eigenvalue weighted by Crippen LogP contribution is -2.26. The summed E-state index contributed by atoms with van der Waals surface area (Å²) in [5, 5.41) is 0.836. The van der Waals surface area contributed by atoms with Crippen molar-refractivity contribution in [2.75, 3.05) is 13.7 Å². The van der Waals surface area contributed by atoms with Gasteiger partial charge in [0, 0.05) is 25.1 Å². The van der Waals surface area contributed by atoms with Gasteiger partial charge in [0.25, 0.3) is 11.1 Å². The molecule has 1 saturated heterocycles. The highest BCUT2D eigenvalue weighted by atomic mass is 16.5. The van der Waals surface area contributed by atoms with E-state index >= 15 is 0 Å². The third kappa shape index (κ3) is 3.17. The topological polar surface area (TPSA) is 75.3 Å². The molecule has 4 aromatic rings. The molecule has 0 radical (unpaired) electrons. The summed E-state index contributed by atoms with van der Waals surface area (Å²) in [4.78, 5) is 30.8. The molecule has 0 unspecified atom stereocenters. The van der Waals surface area contributed by atoms with Crippen LogP contribution in [0.15, 0.2) is 64.4 Å². The van der Waals surface area contributed by atoms with Gasteiger partial charge in [0.15, 0.2) is 0 Å². The largest absolute Gasteiger partial charge is 0.497 e. The Labute approximate surface area is 172 Å². The average molecular weight is 403 g/mol. The molecule has 0 N–H and O–H groups in total. The van der Waals surface area contributed by atoms with Crippen LogP contribution in [0.4, 0.5) is 0 Å². The van der Waals surface area contributed by atoms with Crippen molar-refractivity contribution in [3.63, 3.8) is 0 Å². The van der Waals surface area contributed by atoms with Gasteiger partial charge in [-0.25, -0.2) is 4.98 Å². The summed E-state index contributed by atoms with van der Waals surface area (Å²) in [7, 11) is 1.58. The molecule has 4 heterocycles. The minimum Gasteiger partial charge on any atom is -0.497 e. The molecule has 3 aromatic heterocycles. The summed E-state index contributed by atoms with van der Waals surface area (Å²) in [6.45, 7) is 1.25. The van der Waals surface area contributed by atoms with Crippen molar-refractivity contribution in [2.45, 2.75) is 25.5 Å². The summed E-state index contributed by atoms with van der Waals surface area (Å²) in [5.41, 5.74) is 1.43. The number of methoxy groups -OCH3 is 1. The summed E-state index contributed by atoms with van der Waals surface area (Å²) in [6, 6.07) is 12.5. The Morgan fingerprint density at radius 1 is 1.07 bits per heavy atom. The quantitative estimate of drug-likeness (QED) is 0.490. The van der Waals surface area contributed by atoms with Crippen molar-refractivity contribution < 1.29 is 9.47 Å². The minimum atomic E-state index is -0.232. The number of ether oxygens (including phenoxy) is 2. The Balaban J connectivity index is 1.66. The predicted molar refractivity (Wildman–Crippen MR) is 115 cm³/mol. The number of pyridine rings is 3. The number of fused-ring (bicyclic) bond motifs is 2. The van der Waals surface area contributed by atoms with Gasteiger partial charge in [0.2, 0.25) is 0 Å². The lowest BCUT2D eigenvalue weighted by atomic mass is 10.1. The third-order valence-electron chi connectivity index (χ3n) is 5.57. The van der Waals surface area contributed by atoms with Crippen LogP contribution in [0.5, 0.6) is 5.75 Å². The molecule has 30 heavy (non-hydrogen) atoms. The standard InChI is InChI=1S/C23H21N3O4/c1-29-16-5-2-4-15(12-16)26-10-8-21-19(23(26)28)13-18-20(24-21)7-9-25(22(18)27)14-17-6-3-11-30-17/h2,4-5,7-10,12-13,17H,3,6,11,14H2,1H3/t17-/m0/s1. The normalized spacial score (nSPS) is 16.4. The van der Waals surface area contributed by atoms with Crippen LogP contribution in [0.25, 0.3) is 27.5 Å². The zero-order valence-corrected chi connectivity index (χ0v) is 16.6. The number of hydrogen-bond acceptors (Lipinski definition) is 5. The fourth-order valence-corrected chi connectivity index (χ4v) is 3.98. The maximum Gasteiger partial charge on any atom is 0.264 e. The van der Waals surface area contributed by atoms with Crippen LogP contribution in [-0.4, -0.2) is 33.9 Å².